The fraction of sp³-hybridized carbons (Fsp3) is 0.170. The van der Waals surface area contributed by atoms with E-state index < -0.39 is 43.0 Å². The van der Waals surface area contributed by atoms with Gasteiger partial charge in [0.2, 0.25) is 12.7 Å². The molecule has 364 valence electrons. The van der Waals surface area contributed by atoms with Crippen molar-refractivity contribution in [1.29, 1.82) is 0 Å². The van der Waals surface area contributed by atoms with E-state index in [1.807, 2.05) is 91.0 Å². The SMILES string of the molecule is COc1c(OCc2ccccc2)ccc([N+](=O)[O-])c1/C=C/[N+](=O)[O-].COc1c(OCc2ccccc2)ccc([N+](=O)[O-])c1C(O)C[N+](=O)[O-].COc1c(OCc2ccccc2)ccc([N+](=O)[O-])c1C=O. The maximum absolute atomic E-state index is 11.2. The van der Waals surface area contributed by atoms with Crippen LogP contribution in [0.1, 0.15) is 44.3 Å². The maximum Gasteiger partial charge on any atom is 0.283 e. The number of nitrogens with zero attached hydrogens (tertiary/aromatic N) is 5. The Hall–Kier alpha value is -9.51. The molecule has 0 aliphatic carbocycles. The molecule has 1 atom stereocenters. The van der Waals surface area contributed by atoms with Crippen molar-refractivity contribution in [2.75, 3.05) is 27.9 Å². The molecule has 70 heavy (non-hydrogen) atoms. The Labute approximate surface area is 397 Å². The van der Waals surface area contributed by atoms with Crippen LogP contribution in [0.5, 0.6) is 34.5 Å². The van der Waals surface area contributed by atoms with Gasteiger partial charge in [0, 0.05) is 29.2 Å². The van der Waals surface area contributed by atoms with E-state index in [-0.39, 0.29) is 82.4 Å². The molecule has 0 aliphatic heterocycles. The standard InChI is InChI=1S/C16H16N2O7.C16H14N2O6.C15H13NO5/c1-24-16-14(25-10-11-5-3-2-4-6-11)8-7-12(18(22)23)15(16)13(19)9-17(20)21;1-23-16-13(9-10-17(19)20)14(18(21)22)7-8-15(16)24-11-12-5-3-2-4-6-12;1-20-15-12(9-17)13(16(18)19)7-8-14(15)21-10-11-5-3-2-4-6-11/h2-8,13,19H,9-10H2,1H3;2-10H,11H2,1H3;2-9H,10H2,1H3/b;10-9+;. The smallest absolute Gasteiger partial charge is 0.283 e. The van der Waals surface area contributed by atoms with Crippen LogP contribution in [-0.4, -0.2) is 63.9 Å². The monoisotopic (exact) mass is 965 g/mol. The lowest BCUT2D eigenvalue weighted by Gasteiger charge is -2.16. The second kappa shape index (κ2) is 26.6. The Kier molecular flexibility index (Phi) is 20.2. The average Bonchev–Trinajstić information content (AvgIpc) is 3.36. The number of nitro benzene ring substituents is 3. The van der Waals surface area contributed by atoms with Gasteiger partial charge in [-0.2, -0.15) is 0 Å². The van der Waals surface area contributed by atoms with Crippen LogP contribution in [0.4, 0.5) is 17.1 Å². The molecule has 0 radical (unpaired) electrons. The molecule has 0 aliphatic rings. The third-order valence-corrected chi connectivity index (χ3v) is 9.46. The minimum Gasteiger partial charge on any atom is -0.492 e. The molecule has 0 saturated carbocycles. The summed E-state index contributed by atoms with van der Waals surface area (Å²) in [6.45, 7) is -0.222. The number of aliphatic hydroxyl groups excluding tert-OH is 1. The second-order valence-electron chi connectivity index (χ2n) is 13.9. The third-order valence-electron chi connectivity index (χ3n) is 9.46. The normalized spacial score (nSPS) is 10.7. The summed E-state index contributed by atoms with van der Waals surface area (Å²) in [4.78, 5) is 62.0. The lowest BCUT2D eigenvalue weighted by atomic mass is 10.0. The lowest BCUT2D eigenvalue weighted by molar-refractivity contribution is -0.492. The Morgan fingerprint density at radius 3 is 1.20 bits per heavy atom. The number of rotatable bonds is 21. The van der Waals surface area contributed by atoms with Crippen LogP contribution in [0.15, 0.2) is 134 Å². The Bertz CT molecular complexity index is 2800. The molecule has 0 fully saturated rings. The minimum absolute atomic E-state index is 0.0234. The number of benzene rings is 6. The summed E-state index contributed by atoms with van der Waals surface area (Å²) in [6, 6.07) is 35.7. The summed E-state index contributed by atoms with van der Waals surface area (Å²) in [5.74, 6) is 0.728. The van der Waals surface area contributed by atoms with E-state index >= 15 is 0 Å². The zero-order chi connectivity index (χ0) is 51.2. The molecule has 6 aromatic carbocycles. The van der Waals surface area contributed by atoms with Crippen molar-refractivity contribution in [3.63, 3.8) is 0 Å². The molecule has 23 nitrogen and oxygen atoms in total. The Morgan fingerprint density at radius 2 is 0.857 bits per heavy atom. The van der Waals surface area contributed by atoms with Crippen molar-refractivity contribution in [3.05, 3.63) is 218 Å². The molecule has 23 heteroatoms. The Balaban J connectivity index is 0.000000229. The van der Waals surface area contributed by atoms with Gasteiger partial charge in [-0.05, 0) is 34.9 Å². The Morgan fingerprint density at radius 1 is 0.500 bits per heavy atom. The molecule has 1 N–H and O–H groups in total. The number of aliphatic hydroxyl groups is 1. The van der Waals surface area contributed by atoms with Gasteiger partial charge in [-0.25, -0.2) is 0 Å². The van der Waals surface area contributed by atoms with Gasteiger partial charge in [0.05, 0.1) is 41.0 Å². The topological polar surface area (TPSA) is 308 Å². The fourth-order valence-corrected chi connectivity index (χ4v) is 6.33. The number of methoxy groups -OCH3 is 3. The third kappa shape index (κ3) is 15.0. The van der Waals surface area contributed by atoms with E-state index in [0.29, 0.717) is 12.5 Å². The van der Waals surface area contributed by atoms with Crippen molar-refractivity contribution in [2.45, 2.75) is 25.9 Å². The van der Waals surface area contributed by atoms with E-state index in [2.05, 4.69) is 0 Å². The minimum atomic E-state index is -1.70. The first-order valence-electron chi connectivity index (χ1n) is 20.3. The van der Waals surface area contributed by atoms with Gasteiger partial charge in [-0.3, -0.25) is 55.4 Å². The molecular weight excluding hydrogens is 923 g/mol. The molecule has 0 heterocycles. The van der Waals surface area contributed by atoms with Crippen LogP contribution in [0.3, 0.4) is 0 Å². The first-order valence-corrected chi connectivity index (χ1v) is 20.3. The average molecular weight is 966 g/mol. The zero-order valence-corrected chi connectivity index (χ0v) is 37.4. The largest absolute Gasteiger partial charge is 0.492 e. The van der Waals surface area contributed by atoms with Crippen molar-refractivity contribution < 1.29 is 62.9 Å². The van der Waals surface area contributed by atoms with Crippen molar-refractivity contribution in [2.24, 2.45) is 0 Å². The summed E-state index contributed by atoms with van der Waals surface area (Å²) in [5.41, 5.74) is 1.16. The summed E-state index contributed by atoms with van der Waals surface area (Å²) in [7, 11) is 3.90. The summed E-state index contributed by atoms with van der Waals surface area (Å²) < 4.78 is 32.3. The van der Waals surface area contributed by atoms with Crippen LogP contribution >= 0.6 is 0 Å². The summed E-state index contributed by atoms with van der Waals surface area (Å²) >= 11 is 0. The molecule has 0 saturated heterocycles. The lowest BCUT2D eigenvalue weighted by Crippen LogP contribution is -2.15. The highest BCUT2D eigenvalue weighted by Crippen LogP contribution is 2.42. The van der Waals surface area contributed by atoms with E-state index in [1.165, 1.54) is 51.7 Å². The highest BCUT2D eigenvalue weighted by molar-refractivity contribution is 5.87. The van der Waals surface area contributed by atoms with Gasteiger partial charge < -0.3 is 33.5 Å². The predicted octanol–water partition coefficient (Wildman–Crippen LogP) is 8.92. The van der Waals surface area contributed by atoms with Crippen LogP contribution in [0, 0.1) is 50.6 Å². The van der Waals surface area contributed by atoms with Crippen LogP contribution in [0.2, 0.25) is 0 Å². The maximum atomic E-state index is 11.2. The molecule has 6 rings (SSSR count). The molecule has 6 aromatic rings. The van der Waals surface area contributed by atoms with E-state index in [1.54, 1.807) is 0 Å². The van der Waals surface area contributed by atoms with Crippen molar-refractivity contribution >= 4 is 29.4 Å². The van der Waals surface area contributed by atoms with E-state index in [4.69, 9.17) is 28.4 Å². The number of hydrogen-bond donors (Lipinski definition) is 1. The van der Waals surface area contributed by atoms with Gasteiger partial charge in [-0.1, -0.05) is 91.0 Å². The molecule has 0 aromatic heterocycles. The molecular formula is C47H43N5O18. The molecule has 0 bridgehead atoms. The van der Waals surface area contributed by atoms with E-state index in [9.17, 15) is 60.5 Å². The quantitative estimate of drug-likeness (QED) is 0.0399. The van der Waals surface area contributed by atoms with Gasteiger partial charge in [-0.15, -0.1) is 0 Å². The number of aldehydes is 1. The number of carbonyl (C=O) groups is 1. The fourth-order valence-electron chi connectivity index (χ4n) is 6.33. The number of carbonyl (C=O) groups excluding carboxylic acids is 1. The van der Waals surface area contributed by atoms with Crippen LogP contribution in [-0.2, 0) is 19.8 Å². The number of hydrogen-bond acceptors (Lipinski definition) is 18. The number of ether oxygens (including phenoxy) is 6. The van der Waals surface area contributed by atoms with Gasteiger partial charge >= 0.3 is 0 Å². The van der Waals surface area contributed by atoms with Crippen molar-refractivity contribution in [3.8, 4) is 34.5 Å². The first-order chi connectivity index (χ1) is 33.6. The van der Waals surface area contributed by atoms with Gasteiger partial charge in [0.25, 0.3) is 17.1 Å². The van der Waals surface area contributed by atoms with Crippen LogP contribution < -0.4 is 28.4 Å². The predicted molar refractivity (Wildman–Crippen MR) is 250 cm³/mol. The van der Waals surface area contributed by atoms with Gasteiger partial charge in [0.15, 0.2) is 46.9 Å². The van der Waals surface area contributed by atoms with Gasteiger partial charge in [0.1, 0.15) is 36.5 Å². The number of nitro groups is 5. The molecule has 1 unspecified atom stereocenters. The first kappa shape index (κ1) is 53.1. The molecule has 0 spiro atoms. The highest BCUT2D eigenvalue weighted by atomic mass is 16.6. The summed E-state index contributed by atoms with van der Waals surface area (Å²) in [5, 5.41) is 64.5. The van der Waals surface area contributed by atoms with Crippen molar-refractivity contribution in [1.82, 2.24) is 0 Å². The highest BCUT2D eigenvalue weighted by Gasteiger charge is 2.31. The second-order valence-corrected chi connectivity index (χ2v) is 13.9. The zero-order valence-electron chi connectivity index (χ0n) is 37.4. The molecule has 0 amide bonds. The van der Waals surface area contributed by atoms with Crippen LogP contribution in [0.25, 0.3) is 6.08 Å². The summed E-state index contributed by atoms with van der Waals surface area (Å²) in [6.07, 6.45) is 0.329. The van der Waals surface area contributed by atoms with E-state index in [0.717, 1.165) is 28.8 Å².